The van der Waals surface area contributed by atoms with E-state index in [1.54, 1.807) is 18.9 Å². The van der Waals surface area contributed by atoms with Crippen molar-refractivity contribution in [2.45, 2.75) is 32.0 Å². The number of hydrogen-bond donors (Lipinski definition) is 2. The lowest BCUT2D eigenvalue weighted by Crippen LogP contribution is -2.38. The first kappa shape index (κ1) is 18.9. The number of ether oxygens (including phenoxy) is 2. The predicted octanol–water partition coefficient (Wildman–Crippen LogP) is 1.56. The molecule has 0 unspecified atom stereocenters. The van der Waals surface area contributed by atoms with Crippen LogP contribution in [0.5, 0.6) is 0 Å². The number of aromatic amines is 1. The highest BCUT2D eigenvalue weighted by Crippen LogP contribution is 2.32. The van der Waals surface area contributed by atoms with E-state index in [1.165, 1.54) is 7.11 Å². The standard InChI is InChI=1S/C13H18F3N3O4/c1-12(2,7-23-5-4-9(20)22-3)18-8-6-17-19-11(21)10(8)13(14,15)16/h6H,4-5,7H2,1-3H3,(H2,18,19,21). The number of alkyl halides is 3. The van der Waals surface area contributed by atoms with Gasteiger partial charge in [-0.2, -0.15) is 18.3 Å². The molecule has 0 aliphatic heterocycles. The first-order valence-corrected chi connectivity index (χ1v) is 6.64. The van der Waals surface area contributed by atoms with Crippen molar-refractivity contribution in [2.24, 2.45) is 0 Å². The molecule has 1 aromatic heterocycles. The third-order valence-electron chi connectivity index (χ3n) is 2.75. The number of halogens is 3. The quantitative estimate of drug-likeness (QED) is 0.579. The van der Waals surface area contributed by atoms with Crippen LogP contribution in [0.2, 0.25) is 0 Å². The fourth-order valence-electron chi connectivity index (χ4n) is 1.76. The summed E-state index contributed by atoms with van der Waals surface area (Å²) in [4.78, 5) is 22.3. The lowest BCUT2D eigenvalue weighted by molar-refractivity contribution is -0.142. The minimum atomic E-state index is -4.82. The Bertz CT molecular complexity index is 599. The molecular formula is C13H18F3N3O4. The van der Waals surface area contributed by atoms with Gasteiger partial charge in [-0.25, -0.2) is 5.10 Å². The Labute approximate surface area is 130 Å². The Morgan fingerprint density at radius 2 is 2.04 bits per heavy atom. The smallest absolute Gasteiger partial charge is 0.423 e. The molecule has 0 aliphatic carbocycles. The third kappa shape index (κ3) is 5.89. The average Bonchev–Trinajstić information content (AvgIpc) is 2.41. The fourth-order valence-corrected chi connectivity index (χ4v) is 1.76. The largest absolute Gasteiger partial charge is 0.469 e. The van der Waals surface area contributed by atoms with Crippen LogP contribution in [0.15, 0.2) is 11.0 Å². The second kappa shape index (κ2) is 7.44. The number of methoxy groups -OCH3 is 1. The maximum Gasteiger partial charge on any atom is 0.423 e. The molecule has 10 heteroatoms. The summed E-state index contributed by atoms with van der Waals surface area (Å²) in [6, 6.07) is 0. The van der Waals surface area contributed by atoms with Gasteiger partial charge in [-0.15, -0.1) is 0 Å². The van der Waals surface area contributed by atoms with Crippen LogP contribution in [-0.2, 0) is 20.4 Å². The highest BCUT2D eigenvalue weighted by atomic mass is 19.4. The van der Waals surface area contributed by atoms with Crippen molar-refractivity contribution in [1.29, 1.82) is 0 Å². The van der Waals surface area contributed by atoms with E-state index in [9.17, 15) is 22.8 Å². The number of aromatic nitrogens is 2. The minimum Gasteiger partial charge on any atom is -0.469 e. The molecule has 0 bridgehead atoms. The fraction of sp³-hybridized carbons (Fsp3) is 0.615. The van der Waals surface area contributed by atoms with E-state index in [0.29, 0.717) is 0 Å². The van der Waals surface area contributed by atoms with E-state index in [0.717, 1.165) is 6.20 Å². The van der Waals surface area contributed by atoms with E-state index in [4.69, 9.17) is 4.74 Å². The van der Waals surface area contributed by atoms with E-state index in [-0.39, 0.29) is 19.6 Å². The molecule has 0 amide bonds. The molecule has 1 aromatic rings. The summed E-state index contributed by atoms with van der Waals surface area (Å²) < 4.78 is 48.5. The van der Waals surface area contributed by atoms with Crippen LogP contribution in [0.3, 0.4) is 0 Å². The van der Waals surface area contributed by atoms with Gasteiger partial charge in [-0.05, 0) is 13.8 Å². The molecule has 0 radical (unpaired) electrons. The van der Waals surface area contributed by atoms with Crippen LogP contribution in [0, 0.1) is 0 Å². The number of esters is 1. The van der Waals surface area contributed by atoms with Gasteiger partial charge in [0.15, 0.2) is 0 Å². The summed E-state index contributed by atoms with van der Waals surface area (Å²) in [5.41, 5.74) is -4.05. The van der Waals surface area contributed by atoms with Gasteiger partial charge in [0.2, 0.25) is 0 Å². The van der Waals surface area contributed by atoms with Gasteiger partial charge < -0.3 is 14.8 Å². The number of carbonyl (C=O) groups is 1. The van der Waals surface area contributed by atoms with Crippen molar-refractivity contribution < 1.29 is 27.4 Å². The number of rotatable bonds is 7. The monoisotopic (exact) mass is 337 g/mol. The summed E-state index contributed by atoms with van der Waals surface area (Å²) >= 11 is 0. The van der Waals surface area contributed by atoms with Gasteiger partial charge in [0.25, 0.3) is 5.56 Å². The summed E-state index contributed by atoms with van der Waals surface area (Å²) in [7, 11) is 1.24. The Morgan fingerprint density at radius 3 is 2.61 bits per heavy atom. The number of H-pyrrole nitrogens is 1. The van der Waals surface area contributed by atoms with Gasteiger partial charge in [0, 0.05) is 0 Å². The molecule has 0 aromatic carbocycles. The van der Waals surface area contributed by atoms with Crippen LogP contribution in [0.1, 0.15) is 25.8 Å². The van der Waals surface area contributed by atoms with Gasteiger partial charge >= 0.3 is 12.1 Å². The Morgan fingerprint density at radius 1 is 1.39 bits per heavy atom. The summed E-state index contributed by atoms with van der Waals surface area (Å²) in [5, 5.41) is 7.72. The summed E-state index contributed by atoms with van der Waals surface area (Å²) in [6.07, 6.45) is -3.89. The molecule has 7 nitrogen and oxygen atoms in total. The molecule has 23 heavy (non-hydrogen) atoms. The van der Waals surface area contributed by atoms with Gasteiger partial charge in [-0.3, -0.25) is 9.59 Å². The molecule has 0 atom stereocenters. The molecule has 0 saturated heterocycles. The zero-order valence-electron chi connectivity index (χ0n) is 12.9. The maximum atomic E-state index is 12.9. The third-order valence-corrected chi connectivity index (χ3v) is 2.75. The Kier molecular flexibility index (Phi) is 6.13. The Hall–Kier alpha value is -2.10. The lowest BCUT2D eigenvalue weighted by Gasteiger charge is -2.28. The van der Waals surface area contributed by atoms with Crippen molar-refractivity contribution in [3.05, 3.63) is 22.1 Å². The first-order valence-electron chi connectivity index (χ1n) is 6.64. The SMILES string of the molecule is COC(=O)CCOCC(C)(C)Nc1cn[nH]c(=O)c1C(F)(F)F. The lowest BCUT2D eigenvalue weighted by atomic mass is 10.1. The van der Waals surface area contributed by atoms with Gasteiger partial charge in [-0.1, -0.05) is 0 Å². The second-order valence-corrected chi connectivity index (χ2v) is 5.37. The molecule has 1 rings (SSSR count). The van der Waals surface area contributed by atoms with Crippen LogP contribution in [-0.4, -0.2) is 42.0 Å². The van der Waals surface area contributed by atoms with E-state index >= 15 is 0 Å². The highest BCUT2D eigenvalue weighted by molar-refractivity contribution is 5.69. The number of hydrogen-bond acceptors (Lipinski definition) is 6. The summed E-state index contributed by atoms with van der Waals surface area (Å²) in [6.45, 7) is 3.25. The van der Waals surface area contributed by atoms with Crippen LogP contribution < -0.4 is 10.9 Å². The number of anilines is 1. The zero-order chi connectivity index (χ0) is 17.7. The van der Waals surface area contributed by atoms with Crippen molar-refractivity contribution in [3.8, 4) is 0 Å². The molecule has 0 fully saturated rings. The van der Waals surface area contributed by atoms with E-state index < -0.39 is 34.5 Å². The predicted molar refractivity (Wildman–Crippen MR) is 75.0 cm³/mol. The maximum absolute atomic E-state index is 12.9. The first-order chi connectivity index (χ1) is 10.6. The van der Waals surface area contributed by atoms with E-state index in [2.05, 4.69) is 15.2 Å². The van der Waals surface area contributed by atoms with Gasteiger partial charge in [0.05, 0.1) is 44.2 Å². The number of nitrogens with zero attached hydrogens (tertiary/aromatic N) is 1. The minimum absolute atomic E-state index is 0.00803. The topological polar surface area (TPSA) is 93.3 Å². The van der Waals surface area contributed by atoms with Crippen molar-refractivity contribution in [2.75, 3.05) is 25.6 Å². The highest BCUT2D eigenvalue weighted by Gasteiger charge is 2.38. The zero-order valence-corrected chi connectivity index (χ0v) is 12.9. The van der Waals surface area contributed by atoms with Crippen molar-refractivity contribution in [1.82, 2.24) is 10.2 Å². The van der Waals surface area contributed by atoms with Gasteiger partial charge in [0.1, 0.15) is 5.56 Å². The van der Waals surface area contributed by atoms with Crippen LogP contribution >= 0.6 is 0 Å². The average molecular weight is 337 g/mol. The molecule has 130 valence electrons. The van der Waals surface area contributed by atoms with E-state index in [1.807, 2.05) is 0 Å². The summed E-state index contributed by atoms with van der Waals surface area (Å²) in [5.74, 6) is -0.450. The van der Waals surface area contributed by atoms with Crippen molar-refractivity contribution in [3.63, 3.8) is 0 Å². The number of carbonyl (C=O) groups excluding carboxylic acids is 1. The molecule has 0 saturated carbocycles. The van der Waals surface area contributed by atoms with Crippen LogP contribution in [0.4, 0.5) is 18.9 Å². The van der Waals surface area contributed by atoms with Crippen molar-refractivity contribution >= 4 is 11.7 Å². The molecule has 0 aliphatic rings. The van der Waals surface area contributed by atoms with Crippen LogP contribution in [0.25, 0.3) is 0 Å². The molecule has 1 heterocycles. The number of nitrogens with one attached hydrogen (secondary N) is 2. The molecular weight excluding hydrogens is 319 g/mol. The molecule has 2 N–H and O–H groups in total. The molecule has 0 spiro atoms. The normalized spacial score (nSPS) is 12.1. The second-order valence-electron chi connectivity index (χ2n) is 5.37. The Balaban J connectivity index is 2.76.